The molecule has 0 bridgehead atoms. The smallest absolute Gasteiger partial charge is 0.136 e. The number of benzene rings is 29. The van der Waals surface area contributed by atoms with Gasteiger partial charge in [0.05, 0.1) is 32.9 Å². The quantitative estimate of drug-likeness (QED) is 0.107. The van der Waals surface area contributed by atoms with Crippen molar-refractivity contribution >= 4 is 217 Å². The molecular weight excluding hydrogens is 1800 g/mol. The van der Waals surface area contributed by atoms with E-state index < -0.39 is 72.5 Å². The van der Waals surface area contributed by atoms with Crippen LogP contribution in [0, 0.1) is 0 Å². The maximum atomic E-state index is 9.45. The van der Waals surface area contributed by atoms with Crippen LogP contribution in [0.5, 0.6) is 0 Å². The van der Waals surface area contributed by atoms with E-state index in [1.807, 2.05) is 279 Å². The summed E-state index contributed by atoms with van der Waals surface area (Å²) in [5.41, 5.74) is 14.6. The first-order chi connectivity index (χ1) is 83.8. The van der Waals surface area contributed by atoms with Gasteiger partial charge in [0, 0.05) is 32.3 Å². The average molecular weight is 1910 g/mol. The lowest BCUT2D eigenvalue weighted by atomic mass is 9.85. The van der Waals surface area contributed by atoms with Gasteiger partial charge in [-0.05, 0) is 342 Å². The molecule has 3 heteroatoms. The van der Waals surface area contributed by atoms with Crippen molar-refractivity contribution in [2.24, 2.45) is 0 Å². The Labute approximate surface area is 891 Å². The van der Waals surface area contributed by atoms with Crippen LogP contribution in [-0.4, -0.2) is 0 Å². The summed E-state index contributed by atoms with van der Waals surface area (Å²) in [5.74, 6) is 0. The van der Waals surface area contributed by atoms with E-state index in [9.17, 15) is 16.4 Å². The SMILES string of the molecule is [2H]c1c([2H])c([2H])c2c(-c3ccc4oc5cc6ccccc6cc5c4c3)c3c([2H])c([2H])c([2H])c([2H])c3c(-c3ccc(-c4cccc5ccc6ccccc6c45)cc3)c2c1[2H].[2H]c1c([2H])c([2H])c2c(-c3ccc4oc5cc6ccccc6cc5c4c3)c3c([2H])c([2H])c([2H])c([2H])c3c(-c3cccc(-c4ccc5ccc6ccccc6c5c4)c3)c2c1[2H].[2H]c1c([2H])c([2H])c2c(-c3ccc4oc5cc6ccccc6cc5c4c3)c3c([2H])c([2H])c([2H])c([2H])c3c(-c3cccc(-c4cccc5ccccc45)c3)c2c1[2H]. The fraction of sp³-hybridized carbons (Fsp3) is 0. The Kier molecular flexibility index (Phi) is 14.9. The van der Waals surface area contributed by atoms with Crippen LogP contribution in [0.4, 0.5) is 0 Å². The van der Waals surface area contributed by atoms with E-state index >= 15 is 0 Å². The Hall–Kier alpha value is -19.6. The van der Waals surface area contributed by atoms with Crippen molar-refractivity contribution in [1.82, 2.24) is 0 Å². The third-order valence-electron chi connectivity index (χ3n) is 29.7. The van der Waals surface area contributed by atoms with E-state index in [1.54, 1.807) is 18.2 Å². The second-order valence-corrected chi connectivity index (χ2v) is 38.0. The molecule has 0 spiro atoms. The molecule has 0 aliphatic heterocycles. The minimum Gasteiger partial charge on any atom is -0.456 e. The maximum Gasteiger partial charge on any atom is 0.136 e. The predicted octanol–water partition coefficient (Wildman–Crippen LogP) is 41.9. The molecule has 0 radical (unpaired) electrons. The topological polar surface area (TPSA) is 39.4 Å². The normalized spacial score (nSPS) is 14.1. The molecule has 29 aromatic carbocycles. The molecule has 0 aliphatic carbocycles. The van der Waals surface area contributed by atoms with E-state index in [2.05, 4.69) is 91.0 Å². The molecule has 0 saturated carbocycles. The highest BCUT2D eigenvalue weighted by Gasteiger charge is 2.26. The van der Waals surface area contributed by atoms with E-state index in [1.165, 1.54) is 0 Å². The first kappa shape index (κ1) is 64.1. The fourth-order valence-electron chi connectivity index (χ4n) is 22.9. The summed E-state index contributed by atoms with van der Waals surface area (Å²) in [6.45, 7) is 0. The first-order valence-corrected chi connectivity index (χ1v) is 49.4. The molecule has 0 saturated heterocycles. The molecule has 0 atom stereocenters. The average Bonchev–Trinajstić information content (AvgIpc) is 1.29. The Morgan fingerprint density at radius 1 is 0.121 bits per heavy atom. The molecule has 0 fully saturated rings. The van der Waals surface area contributed by atoms with Gasteiger partial charge in [0.25, 0.3) is 0 Å². The lowest BCUT2D eigenvalue weighted by molar-refractivity contribution is 0.669. The zero-order valence-electron chi connectivity index (χ0n) is 103. The van der Waals surface area contributed by atoms with Gasteiger partial charge in [-0.3, -0.25) is 0 Å². The lowest BCUT2D eigenvalue weighted by Gasteiger charge is -2.18. The molecule has 0 N–H and O–H groups in total. The van der Waals surface area contributed by atoms with Crippen molar-refractivity contribution in [2.45, 2.75) is 0 Å². The molecule has 32 aromatic rings. The van der Waals surface area contributed by atoms with Crippen LogP contribution >= 0.6 is 0 Å². The third-order valence-corrected chi connectivity index (χ3v) is 29.7. The van der Waals surface area contributed by atoms with Crippen LogP contribution in [0.2, 0.25) is 0 Å². The Bertz CT molecular complexity index is 12600. The summed E-state index contributed by atoms with van der Waals surface area (Å²) in [6, 6.07) is 118. The van der Waals surface area contributed by atoms with Crippen LogP contribution in [0.3, 0.4) is 0 Å². The monoisotopic (exact) mass is 1910 g/mol. The molecule has 690 valence electrons. The van der Waals surface area contributed by atoms with Crippen LogP contribution in [-0.2, 0) is 0 Å². The summed E-state index contributed by atoms with van der Waals surface area (Å²) in [4.78, 5) is 0. The molecular formula is C146H88O3. The highest BCUT2D eigenvalue weighted by atomic mass is 16.3. The van der Waals surface area contributed by atoms with Gasteiger partial charge in [-0.1, -0.05) is 442 Å². The first-order valence-electron chi connectivity index (χ1n) is 61.4. The van der Waals surface area contributed by atoms with Crippen molar-refractivity contribution in [3.63, 3.8) is 0 Å². The summed E-state index contributed by atoms with van der Waals surface area (Å²) in [6.07, 6.45) is 0. The van der Waals surface area contributed by atoms with Gasteiger partial charge in [-0.15, -0.1) is 0 Å². The highest BCUT2D eigenvalue weighted by Crippen LogP contribution is 2.52. The van der Waals surface area contributed by atoms with Gasteiger partial charge >= 0.3 is 0 Å². The van der Waals surface area contributed by atoms with E-state index in [0.717, 1.165) is 152 Å². The van der Waals surface area contributed by atoms with Crippen molar-refractivity contribution < 1.29 is 46.1 Å². The van der Waals surface area contributed by atoms with Crippen LogP contribution in [0.1, 0.15) is 32.9 Å². The van der Waals surface area contributed by atoms with E-state index in [0.29, 0.717) is 100 Å². The highest BCUT2D eigenvalue weighted by molar-refractivity contribution is 6.28. The maximum absolute atomic E-state index is 9.45. The molecule has 32 rings (SSSR count). The van der Waals surface area contributed by atoms with Gasteiger partial charge in [0.2, 0.25) is 0 Å². The minimum atomic E-state index is -0.437. The Balaban J connectivity index is 0.000000114. The molecule has 0 amide bonds. The second kappa shape index (κ2) is 34.6. The summed E-state index contributed by atoms with van der Waals surface area (Å²) in [7, 11) is 0. The molecule has 0 unspecified atom stereocenters. The number of rotatable bonds is 9. The van der Waals surface area contributed by atoms with Crippen molar-refractivity contribution in [2.75, 3.05) is 0 Å². The number of hydrogen-bond acceptors (Lipinski definition) is 3. The van der Waals surface area contributed by atoms with Crippen molar-refractivity contribution in [1.29, 1.82) is 0 Å². The third kappa shape index (κ3) is 14.2. The van der Waals surface area contributed by atoms with E-state index in [4.69, 9.17) is 29.7 Å². The molecule has 149 heavy (non-hydrogen) atoms. The molecule has 3 heterocycles. The van der Waals surface area contributed by atoms with Crippen molar-refractivity contribution in [3.05, 3.63) is 533 Å². The predicted molar refractivity (Wildman–Crippen MR) is 635 cm³/mol. The van der Waals surface area contributed by atoms with Crippen LogP contribution in [0.25, 0.3) is 317 Å². The number of furan rings is 3. The molecule has 3 aromatic heterocycles. The Morgan fingerprint density at radius 3 is 0.772 bits per heavy atom. The summed E-state index contributed by atoms with van der Waals surface area (Å²) in [5, 5.41) is 24.1. The Morgan fingerprint density at radius 2 is 0.362 bits per heavy atom. The summed E-state index contributed by atoms with van der Waals surface area (Å²) < 4.78 is 238. The number of fused-ring (bicyclic) bond motifs is 25. The van der Waals surface area contributed by atoms with Crippen LogP contribution in [0.15, 0.2) is 547 Å². The van der Waals surface area contributed by atoms with Gasteiger partial charge in [-0.2, -0.15) is 0 Å². The fourth-order valence-corrected chi connectivity index (χ4v) is 22.9. The summed E-state index contributed by atoms with van der Waals surface area (Å²) >= 11 is 0. The largest absolute Gasteiger partial charge is 0.456 e. The van der Waals surface area contributed by atoms with Gasteiger partial charge < -0.3 is 13.3 Å². The minimum absolute atomic E-state index is 0.170. The van der Waals surface area contributed by atoms with Crippen molar-refractivity contribution in [3.8, 4) is 100 Å². The molecule has 3 nitrogen and oxygen atoms in total. The molecule has 0 aliphatic rings. The van der Waals surface area contributed by atoms with Gasteiger partial charge in [-0.25, -0.2) is 0 Å². The zero-order chi connectivity index (χ0) is 119. The van der Waals surface area contributed by atoms with Crippen LogP contribution < -0.4 is 0 Å². The zero-order valence-corrected chi connectivity index (χ0v) is 79.2. The lowest BCUT2D eigenvalue weighted by Crippen LogP contribution is -1.91. The number of hydrogen-bond donors (Lipinski definition) is 0. The van der Waals surface area contributed by atoms with E-state index in [-0.39, 0.29) is 137 Å². The van der Waals surface area contributed by atoms with Gasteiger partial charge in [0.15, 0.2) is 0 Å². The second-order valence-electron chi connectivity index (χ2n) is 38.0. The van der Waals surface area contributed by atoms with Gasteiger partial charge in [0.1, 0.15) is 33.5 Å². The standard InChI is InChI=1S/2C50H30O.C46H28O/c1-2-12-35-30-48-46(28-34(35)11-1)45-29-38(24-25-47(45)51-48)50-42-18-7-5-16-40(42)49(41-17-6-8-19-43(41)50)37-14-9-13-33(26-37)36-23-22-32-21-20-31-10-3-4-15-39(31)44(32)27-36;1-2-12-36-30-47-45(28-35(36)11-1)44-29-37(26-27-46(44)51-47)50-42-17-7-5-15-40(42)49(41-16-6-8-18-43(41)50)34-24-21-32(22-25-34)39-19-9-13-33-23-20-31-10-3-4-14-38(31)48(33)39;1-2-13-31-28-44-42(26-30(31)12-1)41-27-34(23-24-43(41)47-44)46-39-20-7-5-18-37(39)45(38-19-6-8-21-40(38)46)33-16-9-15-32(25-33)36-22-10-14-29-11-3-4-17-35(29)36/h2*1-30H;1-28H/i5D,6D,7D,8D,16D,17D,18D,19D;5D,6D,7D,8D,15D,16D,17D,18D;5D,6D,7D,8D,18D,19D,20D,21D.